The third-order valence-corrected chi connectivity index (χ3v) is 5.06. The first-order valence-corrected chi connectivity index (χ1v) is 7.11. The molecule has 17 heavy (non-hydrogen) atoms. The molecule has 2 heteroatoms. The zero-order chi connectivity index (χ0) is 11.9. The summed E-state index contributed by atoms with van der Waals surface area (Å²) in [4.78, 5) is 0. The van der Waals surface area contributed by atoms with Crippen molar-refractivity contribution in [1.29, 1.82) is 0 Å². The number of hydrogen-bond donors (Lipinski definition) is 1. The molecule has 0 saturated heterocycles. The monoisotopic (exact) mass is 249 g/mol. The van der Waals surface area contributed by atoms with Crippen LogP contribution in [0.2, 0.25) is 5.02 Å². The molecule has 1 atom stereocenters. The Labute approximate surface area is 109 Å². The molecular formula is C15H20ClN. The van der Waals surface area contributed by atoms with Crippen LogP contribution >= 0.6 is 11.6 Å². The van der Waals surface area contributed by atoms with Crippen molar-refractivity contribution in [2.45, 2.75) is 44.9 Å². The molecule has 1 aromatic rings. The molecule has 1 unspecified atom stereocenters. The molecule has 0 bridgehead atoms. The van der Waals surface area contributed by atoms with Gasteiger partial charge in [0.2, 0.25) is 0 Å². The van der Waals surface area contributed by atoms with E-state index in [1.54, 1.807) is 0 Å². The normalized spacial score (nSPS) is 26.4. The SMILES string of the molecule is CC1(C2CNc3c(Cl)cccc32)CCCCC1. The minimum atomic E-state index is 0.473. The van der Waals surface area contributed by atoms with Crippen LogP contribution < -0.4 is 5.32 Å². The van der Waals surface area contributed by atoms with Crippen LogP contribution in [0.15, 0.2) is 18.2 Å². The van der Waals surface area contributed by atoms with Crippen molar-refractivity contribution in [2.24, 2.45) is 5.41 Å². The molecule has 1 aromatic carbocycles. The average molecular weight is 250 g/mol. The van der Waals surface area contributed by atoms with E-state index in [1.807, 2.05) is 6.07 Å². The number of hydrogen-bond acceptors (Lipinski definition) is 1. The lowest BCUT2D eigenvalue weighted by atomic mass is 9.66. The third kappa shape index (κ3) is 1.85. The zero-order valence-electron chi connectivity index (χ0n) is 10.4. The number of rotatable bonds is 1. The molecule has 0 radical (unpaired) electrons. The van der Waals surface area contributed by atoms with Gasteiger partial charge >= 0.3 is 0 Å². The van der Waals surface area contributed by atoms with Gasteiger partial charge in [0, 0.05) is 12.5 Å². The van der Waals surface area contributed by atoms with Crippen LogP contribution in [0, 0.1) is 5.41 Å². The Bertz CT molecular complexity index is 421. The summed E-state index contributed by atoms with van der Waals surface area (Å²) < 4.78 is 0. The van der Waals surface area contributed by atoms with Gasteiger partial charge in [-0.15, -0.1) is 0 Å². The van der Waals surface area contributed by atoms with Crippen LogP contribution in [0.4, 0.5) is 5.69 Å². The van der Waals surface area contributed by atoms with Gasteiger partial charge in [0.05, 0.1) is 10.7 Å². The van der Waals surface area contributed by atoms with E-state index in [0.717, 1.165) is 11.6 Å². The Morgan fingerprint density at radius 2 is 2.00 bits per heavy atom. The lowest BCUT2D eigenvalue weighted by Crippen LogP contribution is -2.29. The molecule has 0 spiro atoms. The van der Waals surface area contributed by atoms with E-state index in [-0.39, 0.29) is 0 Å². The highest BCUT2D eigenvalue weighted by Crippen LogP contribution is 2.51. The summed E-state index contributed by atoms with van der Waals surface area (Å²) in [5, 5.41) is 4.39. The van der Waals surface area contributed by atoms with Gasteiger partial charge in [-0.05, 0) is 29.9 Å². The Morgan fingerprint density at radius 3 is 2.76 bits per heavy atom. The summed E-state index contributed by atoms with van der Waals surface area (Å²) in [5.41, 5.74) is 3.11. The first-order chi connectivity index (χ1) is 8.21. The average Bonchev–Trinajstić information content (AvgIpc) is 2.76. The molecule has 0 amide bonds. The third-order valence-electron chi connectivity index (χ3n) is 4.74. The molecule has 1 aliphatic carbocycles. The largest absolute Gasteiger partial charge is 0.383 e. The molecule has 1 fully saturated rings. The molecule has 2 aliphatic rings. The summed E-state index contributed by atoms with van der Waals surface area (Å²) in [5.74, 6) is 0.650. The maximum atomic E-state index is 6.26. The fourth-order valence-corrected chi connectivity index (χ4v) is 3.91. The molecule has 1 nitrogen and oxygen atoms in total. The molecule has 1 saturated carbocycles. The summed E-state index contributed by atoms with van der Waals surface area (Å²) in [6.07, 6.45) is 6.93. The van der Waals surface area contributed by atoms with Gasteiger partial charge in [-0.25, -0.2) is 0 Å². The Morgan fingerprint density at radius 1 is 1.24 bits per heavy atom. The van der Waals surface area contributed by atoms with Crippen molar-refractivity contribution in [3.8, 4) is 0 Å². The van der Waals surface area contributed by atoms with Crippen molar-refractivity contribution < 1.29 is 0 Å². The van der Waals surface area contributed by atoms with E-state index in [0.29, 0.717) is 11.3 Å². The van der Waals surface area contributed by atoms with Gasteiger partial charge in [-0.2, -0.15) is 0 Å². The van der Waals surface area contributed by atoms with Gasteiger partial charge in [0.1, 0.15) is 0 Å². The predicted molar refractivity (Wildman–Crippen MR) is 73.9 cm³/mol. The topological polar surface area (TPSA) is 12.0 Å². The van der Waals surface area contributed by atoms with E-state index in [9.17, 15) is 0 Å². The van der Waals surface area contributed by atoms with Crippen LogP contribution in [0.3, 0.4) is 0 Å². The minimum Gasteiger partial charge on any atom is -0.383 e. The van der Waals surface area contributed by atoms with Gasteiger partial charge in [-0.3, -0.25) is 0 Å². The molecule has 3 rings (SSSR count). The zero-order valence-corrected chi connectivity index (χ0v) is 11.2. The van der Waals surface area contributed by atoms with E-state index in [1.165, 1.54) is 43.4 Å². The van der Waals surface area contributed by atoms with Crippen LogP contribution in [-0.2, 0) is 0 Å². The summed E-state index contributed by atoms with van der Waals surface area (Å²) in [6, 6.07) is 6.33. The fourth-order valence-electron chi connectivity index (χ4n) is 3.66. The second-order valence-corrected chi connectivity index (χ2v) is 6.26. The van der Waals surface area contributed by atoms with Gasteiger partial charge in [0.15, 0.2) is 0 Å². The van der Waals surface area contributed by atoms with Crippen molar-refractivity contribution >= 4 is 17.3 Å². The van der Waals surface area contributed by atoms with Crippen LogP contribution in [0.25, 0.3) is 0 Å². The second kappa shape index (κ2) is 4.20. The lowest BCUT2D eigenvalue weighted by Gasteiger charge is -2.39. The van der Waals surface area contributed by atoms with Crippen molar-refractivity contribution in [3.05, 3.63) is 28.8 Å². The van der Waals surface area contributed by atoms with E-state index in [2.05, 4.69) is 24.4 Å². The van der Waals surface area contributed by atoms with Gasteiger partial charge in [-0.1, -0.05) is 49.9 Å². The molecular weight excluding hydrogens is 230 g/mol. The van der Waals surface area contributed by atoms with E-state index < -0.39 is 0 Å². The molecule has 1 heterocycles. The van der Waals surface area contributed by atoms with Crippen molar-refractivity contribution in [2.75, 3.05) is 11.9 Å². The second-order valence-electron chi connectivity index (χ2n) is 5.85. The number of fused-ring (bicyclic) bond motifs is 1. The smallest absolute Gasteiger partial charge is 0.0640 e. The van der Waals surface area contributed by atoms with E-state index in [4.69, 9.17) is 11.6 Å². The summed E-state index contributed by atoms with van der Waals surface area (Å²) in [6.45, 7) is 3.53. The molecule has 1 N–H and O–H groups in total. The number of halogens is 1. The first kappa shape index (κ1) is 11.4. The lowest BCUT2D eigenvalue weighted by molar-refractivity contribution is 0.177. The Hall–Kier alpha value is -0.690. The number of benzene rings is 1. The summed E-state index contributed by atoms with van der Waals surface area (Å²) in [7, 11) is 0. The van der Waals surface area contributed by atoms with Crippen LogP contribution in [0.5, 0.6) is 0 Å². The standard InChI is InChI=1S/C15H20ClN/c1-15(8-3-2-4-9-15)12-10-17-14-11(12)6-5-7-13(14)16/h5-7,12,17H,2-4,8-10H2,1H3. The van der Waals surface area contributed by atoms with Crippen LogP contribution in [-0.4, -0.2) is 6.54 Å². The van der Waals surface area contributed by atoms with Gasteiger partial charge < -0.3 is 5.32 Å². The Balaban J connectivity index is 1.95. The maximum Gasteiger partial charge on any atom is 0.0640 e. The molecule has 92 valence electrons. The highest BCUT2D eigenvalue weighted by Gasteiger charge is 2.40. The van der Waals surface area contributed by atoms with Gasteiger partial charge in [0.25, 0.3) is 0 Å². The van der Waals surface area contributed by atoms with Crippen molar-refractivity contribution in [3.63, 3.8) is 0 Å². The highest BCUT2D eigenvalue weighted by molar-refractivity contribution is 6.33. The number of para-hydroxylation sites is 1. The van der Waals surface area contributed by atoms with Crippen molar-refractivity contribution in [1.82, 2.24) is 0 Å². The van der Waals surface area contributed by atoms with E-state index >= 15 is 0 Å². The molecule has 1 aliphatic heterocycles. The maximum absolute atomic E-state index is 6.26. The Kier molecular flexibility index (Phi) is 2.82. The fraction of sp³-hybridized carbons (Fsp3) is 0.600. The predicted octanol–water partition coefficient (Wildman–Crippen LogP) is 4.82. The number of nitrogens with one attached hydrogen (secondary N) is 1. The summed E-state index contributed by atoms with van der Waals surface area (Å²) >= 11 is 6.26. The van der Waals surface area contributed by atoms with Crippen LogP contribution in [0.1, 0.15) is 50.5 Å². The highest BCUT2D eigenvalue weighted by atomic mass is 35.5. The number of anilines is 1. The first-order valence-electron chi connectivity index (χ1n) is 6.73. The molecule has 0 aromatic heterocycles. The quantitative estimate of drug-likeness (QED) is 0.753. The minimum absolute atomic E-state index is 0.473.